The van der Waals surface area contributed by atoms with Gasteiger partial charge < -0.3 is 11.1 Å². The van der Waals surface area contributed by atoms with Crippen molar-refractivity contribution >= 4 is 23.1 Å². The highest BCUT2D eigenvalue weighted by molar-refractivity contribution is 6.45. The second-order valence-corrected chi connectivity index (χ2v) is 5.18. The number of nitrogens with two attached hydrogens (primary N) is 1. The summed E-state index contributed by atoms with van der Waals surface area (Å²) in [5.41, 5.74) is 9.48. The van der Waals surface area contributed by atoms with Gasteiger partial charge in [-0.25, -0.2) is 0 Å². The lowest BCUT2D eigenvalue weighted by atomic mass is 10.1. The van der Waals surface area contributed by atoms with Crippen LogP contribution in [-0.2, 0) is 0 Å². The molecule has 0 aromatic heterocycles. The number of benzene rings is 1. The predicted molar refractivity (Wildman–Crippen MR) is 86.9 cm³/mol. The Balaban J connectivity index is 2.96. The first-order valence-electron chi connectivity index (χ1n) is 6.82. The van der Waals surface area contributed by atoms with Crippen molar-refractivity contribution in [3.8, 4) is 6.07 Å². The van der Waals surface area contributed by atoms with Gasteiger partial charge in [0, 0.05) is 12.1 Å². The molecule has 1 aromatic rings. The van der Waals surface area contributed by atoms with Crippen LogP contribution in [0.4, 0.5) is 5.69 Å². The predicted octanol–water partition coefficient (Wildman–Crippen LogP) is 1.61. The third-order valence-electron chi connectivity index (χ3n) is 2.90. The van der Waals surface area contributed by atoms with Crippen LogP contribution in [0.25, 0.3) is 0 Å². The van der Waals surface area contributed by atoms with Crippen molar-refractivity contribution in [1.82, 2.24) is 5.32 Å². The first-order valence-corrected chi connectivity index (χ1v) is 6.82. The molecule has 0 heterocycles. The Hall–Kier alpha value is -2.88. The number of nitriles is 1. The molecule has 0 aliphatic rings. The van der Waals surface area contributed by atoms with E-state index in [9.17, 15) is 4.79 Å². The van der Waals surface area contributed by atoms with Gasteiger partial charge in [0.05, 0.1) is 5.69 Å². The molecule has 0 fully saturated rings. The molecule has 0 unspecified atom stereocenters. The standard InChI is InChI=1S/C15H20N6O/c1-9(2)8-19-15(22)11-5-4-6-12(10(11)3)20-21-13(7-16)14(17)18/h4-6,9,20H,8H2,1-3H3,(H3,17,18)(H,19,22)/b21-13+. The van der Waals surface area contributed by atoms with Gasteiger partial charge in [-0.1, -0.05) is 19.9 Å². The first-order chi connectivity index (χ1) is 10.4. The lowest BCUT2D eigenvalue weighted by molar-refractivity contribution is 0.0948. The van der Waals surface area contributed by atoms with Crippen LogP contribution in [0.1, 0.15) is 29.8 Å². The normalized spacial score (nSPS) is 11.0. The number of anilines is 1. The van der Waals surface area contributed by atoms with Gasteiger partial charge in [0.25, 0.3) is 5.91 Å². The zero-order valence-electron chi connectivity index (χ0n) is 12.9. The Kier molecular flexibility index (Phi) is 6.08. The number of amides is 1. The second-order valence-electron chi connectivity index (χ2n) is 5.18. The summed E-state index contributed by atoms with van der Waals surface area (Å²) in [5, 5.41) is 22.6. The van der Waals surface area contributed by atoms with Gasteiger partial charge in [-0.15, -0.1) is 0 Å². The summed E-state index contributed by atoms with van der Waals surface area (Å²) in [4.78, 5) is 12.1. The summed E-state index contributed by atoms with van der Waals surface area (Å²) in [6.07, 6.45) is 0. The molecule has 7 heteroatoms. The fourth-order valence-corrected chi connectivity index (χ4v) is 1.66. The van der Waals surface area contributed by atoms with E-state index in [1.807, 2.05) is 13.8 Å². The molecule has 1 rings (SSSR count). The van der Waals surface area contributed by atoms with E-state index in [1.54, 1.807) is 31.2 Å². The first kappa shape index (κ1) is 17.2. The van der Waals surface area contributed by atoms with Gasteiger partial charge in [-0.3, -0.25) is 15.6 Å². The molecule has 0 radical (unpaired) electrons. The van der Waals surface area contributed by atoms with Crippen LogP contribution >= 0.6 is 0 Å². The molecule has 22 heavy (non-hydrogen) atoms. The fourth-order valence-electron chi connectivity index (χ4n) is 1.66. The molecule has 0 aliphatic carbocycles. The monoisotopic (exact) mass is 300 g/mol. The molecule has 5 N–H and O–H groups in total. The Morgan fingerprint density at radius 1 is 1.50 bits per heavy atom. The van der Waals surface area contributed by atoms with Crippen molar-refractivity contribution in [3.05, 3.63) is 29.3 Å². The summed E-state index contributed by atoms with van der Waals surface area (Å²) in [7, 11) is 0. The average molecular weight is 300 g/mol. The highest BCUT2D eigenvalue weighted by Gasteiger charge is 2.12. The summed E-state index contributed by atoms with van der Waals surface area (Å²) in [5.74, 6) is -0.215. The molecule has 7 nitrogen and oxygen atoms in total. The largest absolute Gasteiger partial charge is 0.382 e. The minimum atomic E-state index is -0.418. The van der Waals surface area contributed by atoms with Crippen molar-refractivity contribution in [2.75, 3.05) is 12.0 Å². The van der Waals surface area contributed by atoms with E-state index in [4.69, 9.17) is 16.4 Å². The molecule has 1 amide bonds. The molecular weight excluding hydrogens is 280 g/mol. The maximum absolute atomic E-state index is 12.1. The smallest absolute Gasteiger partial charge is 0.251 e. The minimum Gasteiger partial charge on any atom is -0.382 e. The van der Waals surface area contributed by atoms with Crippen LogP contribution in [0, 0.1) is 29.6 Å². The average Bonchev–Trinajstić information content (AvgIpc) is 2.46. The molecule has 116 valence electrons. The highest BCUT2D eigenvalue weighted by Crippen LogP contribution is 2.19. The topological polar surface area (TPSA) is 127 Å². The summed E-state index contributed by atoms with van der Waals surface area (Å²) in [6.45, 7) is 6.41. The number of hydrogen-bond acceptors (Lipinski definition) is 5. The maximum atomic E-state index is 12.1. The van der Waals surface area contributed by atoms with Gasteiger partial charge in [0.15, 0.2) is 5.84 Å². The molecule has 0 atom stereocenters. The Bertz CT molecular complexity index is 642. The number of rotatable bonds is 6. The number of hydrazone groups is 1. The maximum Gasteiger partial charge on any atom is 0.251 e. The molecule has 0 saturated carbocycles. The minimum absolute atomic E-state index is 0.161. The number of nitrogens with one attached hydrogen (secondary N) is 3. The summed E-state index contributed by atoms with van der Waals surface area (Å²) in [6, 6.07) is 6.88. The Morgan fingerprint density at radius 2 is 2.18 bits per heavy atom. The third-order valence-corrected chi connectivity index (χ3v) is 2.90. The fraction of sp³-hybridized carbons (Fsp3) is 0.333. The van der Waals surface area contributed by atoms with Crippen LogP contribution in [0.3, 0.4) is 0 Å². The molecular formula is C15H20N6O. The number of carbonyl (C=O) groups is 1. The Morgan fingerprint density at radius 3 is 2.73 bits per heavy atom. The van der Waals surface area contributed by atoms with Crippen LogP contribution in [0.15, 0.2) is 23.3 Å². The quantitative estimate of drug-likeness (QED) is 0.361. The number of nitrogens with zero attached hydrogens (tertiary/aromatic N) is 2. The number of carbonyl (C=O) groups excluding carboxylic acids is 1. The van der Waals surface area contributed by atoms with Gasteiger partial charge in [-0.05, 0) is 30.5 Å². The highest BCUT2D eigenvalue weighted by atomic mass is 16.1. The van der Waals surface area contributed by atoms with Crippen LogP contribution in [-0.4, -0.2) is 24.0 Å². The van der Waals surface area contributed by atoms with E-state index in [2.05, 4.69) is 15.8 Å². The summed E-state index contributed by atoms with van der Waals surface area (Å²) >= 11 is 0. The van der Waals surface area contributed by atoms with E-state index in [1.165, 1.54) is 0 Å². The van der Waals surface area contributed by atoms with Crippen LogP contribution < -0.4 is 16.5 Å². The van der Waals surface area contributed by atoms with Gasteiger partial charge in [0.1, 0.15) is 6.07 Å². The van der Waals surface area contributed by atoms with Gasteiger partial charge in [-0.2, -0.15) is 10.4 Å². The summed E-state index contributed by atoms with van der Waals surface area (Å²) < 4.78 is 0. The molecule has 0 spiro atoms. The van der Waals surface area contributed by atoms with Crippen LogP contribution in [0.2, 0.25) is 0 Å². The lowest BCUT2D eigenvalue weighted by Gasteiger charge is -2.12. The molecule has 1 aromatic carbocycles. The van der Waals surface area contributed by atoms with Crippen molar-refractivity contribution in [3.63, 3.8) is 0 Å². The second kappa shape index (κ2) is 7.78. The van der Waals surface area contributed by atoms with E-state index < -0.39 is 5.84 Å². The lowest BCUT2D eigenvalue weighted by Crippen LogP contribution is -2.28. The van der Waals surface area contributed by atoms with Crippen molar-refractivity contribution < 1.29 is 4.79 Å². The van der Waals surface area contributed by atoms with Crippen molar-refractivity contribution in [2.45, 2.75) is 20.8 Å². The number of hydrogen-bond donors (Lipinski definition) is 4. The molecule has 0 bridgehead atoms. The van der Waals surface area contributed by atoms with Crippen molar-refractivity contribution in [2.24, 2.45) is 16.8 Å². The zero-order valence-corrected chi connectivity index (χ0v) is 12.9. The van der Waals surface area contributed by atoms with Crippen LogP contribution in [0.5, 0.6) is 0 Å². The van der Waals surface area contributed by atoms with Crippen molar-refractivity contribution in [1.29, 1.82) is 10.7 Å². The van der Waals surface area contributed by atoms with Gasteiger partial charge in [0.2, 0.25) is 5.71 Å². The SMILES string of the molecule is Cc1c(N/N=C(\C#N)C(=N)N)cccc1C(=O)NCC(C)C. The van der Waals surface area contributed by atoms with E-state index in [0.717, 1.165) is 0 Å². The van der Waals surface area contributed by atoms with E-state index in [-0.39, 0.29) is 11.6 Å². The zero-order chi connectivity index (χ0) is 16.7. The van der Waals surface area contributed by atoms with E-state index >= 15 is 0 Å². The molecule has 0 saturated heterocycles. The molecule has 0 aliphatic heterocycles. The van der Waals surface area contributed by atoms with E-state index in [0.29, 0.717) is 29.3 Å². The third kappa shape index (κ3) is 4.59. The Labute approximate surface area is 129 Å². The van der Waals surface area contributed by atoms with Gasteiger partial charge >= 0.3 is 0 Å². The number of amidine groups is 1.